The van der Waals surface area contributed by atoms with E-state index in [0.717, 1.165) is 31.9 Å². The highest BCUT2D eigenvalue weighted by atomic mass is 16.4. The lowest BCUT2D eigenvalue weighted by Crippen LogP contribution is -2.48. The van der Waals surface area contributed by atoms with Crippen LogP contribution in [0.3, 0.4) is 0 Å². The highest BCUT2D eigenvalue weighted by Gasteiger charge is 2.27. The largest absolute Gasteiger partial charge is 0.478 e. The minimum Gasteiger partial charge on any atom is -0.478 e. The van der Waals surface area contributed by atoms with E-state index in [9.17, 15) is 14.7 Å². The van der Waals surface area contributed by atoms with Crippen molar-refractivity contribution in [3.63, 3.8) is 0 Å². The number of hydrogen-bond donors (Lipinski definition) is 2. The number of carbonyl (C=O) groups excluding carboxylic acids is 1. The molecular weight excluding hydrogens is 438 g/mol. The van der Waals surface area contributed by atoms with E-state index in [1.165, 1.54) is 11.1 Å². The molecule has 1 amide bonds. The molecule has 0 bridgehead atoms. The average molecular weight is 472 g/mol. The molecule has 0 spiro atoms. The van der Waals surface area contributed by atoms with Crippen LogP contribution in [-0.2, 0) is 4.79 Å². The van der Waals surface area contributed by atoms with E-state index in [0.29, 0.717) is 12.1 Å². The Kier molecular flexibility index (Phi) is 7.83. The second kappa shape index (κ2) is 11.2. The molecule has 1 aliphatic heterocycles. The van der Waals surface area contributed by atoms with Crippen LogP contribution in [0.2, 0.25) is 0 Å². The molecule has 0 aromatic heterocycles. The summed E-state index contributed by atoms with van der Waals surface area (Å²) in [6, 6.07) is 26.6. The van der Waals surface area contributed by atoms with E-state index >= 15 is 0 Å². The zero-order chi connectivity index (χ0) is 24.8. The summed E-state index contributed by atoms with van der Waals surface area (Å²) in [5.74, 6) is -1.01. The van der Waals surface area contributed by atoms with Crippen LogP contribution in [0.1, 0.15) is 47.8 Å². The van der Waals surface area contributed by atoms with Crippen molar-refractivity contribution in [1.82, 2.24) is 4.90 Å². The molecule has 0 unspecified atom stereocenters. The number of nitrogens with zero attached hydrogens (tertiary/aromatic N) is 2. The highest BCUT2D eigenvalue weighted by molar-refractivity contribution is 6.01. The van der Waals surface area contributed by atoms with Crippen molar-refractivity contribution in [1.29, 1.82) is 0 Å². The normalized spacial score (nSPS) is 14.3. The molecule has 1 fully saturated rings. The Morgan fingerprint density at radius 2 is 1.43 bits per heavy atom. The van der Waals surface area contributed by atoms with Crippen molar-refractivity contribution in [2.75, 3.05) is 36.4 Å². The Morgan fingerprint density at radius 1 is 0.857 bits per heavy atom. The fourth-order valence-electron chi connectivity index (χ4n) is 4.71. The Morgan fingerprint density at radius 3 is 1.94 bits per heavy atom. The molecule has 2 N–H and O–H groups in total. The number of aromatic carboxylic acids is 1. The first kappa shape index (κ1) is 24.5. The van der Waals surface area contributed by atoms with Crippen molar-refractivity contribution >= 4 is 23.3 Å². The van der Waals surface area contributed by atoms with Crippen molar-refractivity contribution in [3.05, 3.63) is 95.6 Å². The van der Waals surface area contributed by atoms with Crippen molar-refractivity contribution in [3.8, 4) is 0 Å². The minimum absolute atomic E-state index is 0.119. The maximum atomic E-state index is 12.2. The average Bonchev–Trinajstić information content (AvgIpc) is 2.86. The second-order valence-electron chi connectivity index (χ2n) is 9.43. The van der Waals surface area contributed by atoms with Crippen LogP contribution in [0.15, 0.2) is 78.9 Å². The summed E-state index contributed by atoms with van der Waals surface area (Å²) in [6.45, 7) is 7.19. The number of carboxylic acid groups (broad SMARTS) is 1. The lowest BCUT2D eigenvalue weighted by atomic mass is 9.96. The molecule has 6 nitrogen and oxygen atoms in total. The first-order valence-corrected chi connectivity index (χ1v) is 12.2. The van der Waals surface area contributed by atoms with E-state index in [2.05, 4.69) is 63.6 Å². The number of rotatable bonds is 8. The van der Waals surface area contributed by atoms with Gasteiger partial charge in [-0.1, -0.05) is 74.5 Å². The third-order valence-electron chi connectivity index (χ3n) is 6.38. The SMILES string of the molecule is CC(C)CC(=O)Nc1ccc(N2CCN(C(c3ccccc3)c3ccccc3)CC2)cc1C(=O)O. The summed E-state index contributed by atoms with van der Waals surface area (Å²) in [5.41, 5.74) is 3.86. The molecule has 182 valence electrons. The van der Waals surface area contributed by atoms with Gasteiger partial charge in [-0.3, -0.25) is 9.69 Å². The molecule has 0 aliphatic carbocycles. The van der Waals surface area contributed by atoms with Gasteiger partial charge in [0.1, 0.15) is 0 Å². The zero-order valence-electron chi connectivity index (χ0n) is 20.4. The number of carbonyl (C=O) groups is 2. The van der Waals surface area contributed by atoms with Gasteiger partial charge >= 0.3 is 5.97 Å². The maximum absolute atomic E-state index is 12.2. The first-order valence-electron chi connectivity index (χ1n) is 12.2. The topological polar surface area (TPSA) is 72.9 Å². The van der Waals surface area contributed by atoms with Crippen LogP contribution in [0.5, 0.6) is 0 Å². The number of anilines is 2. The van der Waals surface area contributed by atoms with Gasteiger partial charge in [-0.2, -0.15) is 0 Å². The van der Waals surface area contributed by atoms with E-state index in [4.69, 9.17) is 0 Å². The molecule has 0 atom stereocenters. The number of amides is 1. The summed E-state index contributed by atoms with van der Waals surface area (Å²) in [4.78, 5) is 28.8. The third-order valence-corrected chi connectivity index (χ3v) is 6.38. The zero-order valence-corrected chi connectivity index (χ0v) is 20.4. The van der Waals surface area contributed by atoms with Crippen molar-refractivity contribution in [2.24, 2.45) is 5.92 Å². The first-order chi connectivity index (χ1) is 16.9. The van der Waals surface area contributed by atoms with Crippen LogP contribution >= 0.6 is 0 Å². The summed E-state index contributed by atoms with van der Waals surface area (Å²) in [7, 11) is 0. The van der Waals surface area contributed by atoms with E-state index in [1.54, 1.807) is 12.1 Å². The van der Waals surface area contributed by atoms with Gasteiger partial charge in [-0.15, -0.1) is 0 Å². The quantitative estimate of drug-likeness (QED) is 0.468. The highest BCUT2D eigenvalue weighted by Crippen LogP contribution is 2.31. The molecule has 4 rings (SSSR count). The molecule has 6 heteroatoms. The van der Waals surface area contributed by atoms with Gasteiger partial charge in [-0.05, 0) is 35.2 Å². The smallest absolute Gasteiger partial charge is 0.337 e. The van der Waals surface area contributed by atoms with Crippen LogP contribution in [-0.4, -0.2) is 48.1 Å². The predicted octanol–water partition coefficient (Wildman–Crippen LogP) is 5.28. The van der Waals surface area contributed by atoms with Gasteiger partial charge in [0.2, 0.25) is 5.91 Å². The van der Waals surface area contributed by atoms with Crippen LogP contribution in [0.25, 0.3) is 0 Å². The number of carboxylic acids is 1. The Hall–Kier alpha value is -3.64. The fraction of sp³-hybridized carbons (Fsp3) is 0.310. The molecule has 3 aromatic rings. The van der Waals surface area contributed by atoms with Gasteiger partial charge in [-0.25, -0.2) is 4.79 Å². The van der Waals surface area contributed by atoms with Gasteiger partial charge in [0, 0.05) is 38.3 Å². The summed E-state index contributed by atoms with van der Waals surface area (Å²) >= 11 is 0. The van der Waals surface area contributed by atoms with E-state index < -0.39 is 5.97 Å². The van der Waals surface area contributed by atoms with Gasteiger partial charge < -0.3 is 15.3 Å². The molecule has 1 saturated heterocycles. The molecule has 3 aromatic carbocycles. The lowest BCUT2D eigenvalue weighted by molar-refractivity contribution is -0.116. The van der Waals surface area contributed by atoms with Crippen LogP contribution in [0, 0.1) is 5.92 Å². The van der Waals surface area contributed by atoms with Crippen molar-refractivity contribution < 1.29 is 14.7 Å². The Balaban J connectivity index is 1.50. The summed E-state index contributed by atoms with van der Waals surface area (Å²) < 4.78 is 0. The second-order valence-corrected chi connectivity index (χ2v) is 9.43. The van der Waals surface area contributed by atoms with Gasteiger partial charge in [0.05, 0.1) is 17.3 Å². The fourth-order valence-corrected chi connectivity index (χ4v) is 4.71. The monoisotopic (exact) mass is 471 g/mol. The molecule has 0 radical (unpaired) electrons. The van der Waals surface area contributed by atoms with E-state index in [-0.39, 0.29) is 23.4 Å². The van der Waals surface area contributed by atoms with Gasteiger partial charge in [0.25, 0.3) is 0 Å². The Labute approximate surface area is 207 Å². The van der Waals surface area contributed by atoms with E-state index in [1.807, 2.05) is 32.0 Å². The number of nitrogens with one attached hydrogen (secondary N) is 1. The van der Waals surface area contributed by atoms with Crippen LogP contribution < -0.4 is 10.2 Å². The lowest BCUT2D eigenvalue weighted by Gasteiger charge is -2.40. The Bertz CT molecular complexity index is 1100. The molecular formula is C29H33N3O3. The summed E-state index contributed by atoms with van der Waals surface area (Å²) in [6.07, 6.45) is 0.354. The number of hydrogen-bond acceptors (Lipinski definition) is 4. The molecule has 35 heavy (non-hydrogen) atoms. The maximum Gasteiger partial charge on any atom is 0.337 e. The predicted molar refractivity (Wildman–Crippen MR) is 140 cm³/mol. The number of benzene rings is 3. The standard InChI is InChI=1S/C29H33N3O3/c1-21(2)19-27(33)30-26-14-13-24(20-25(26)29(34)35)31-15-17-32(18-16-31)28(22-9-5-3-6-10-22)23-11-7-4-8-12-23/h3-14,20-21,28H,15-19H2,1-2H3,(H,30,33)(H,34,35). The van der Waals surface area contributed by atoms with Crippen molar-refractivity contribution in [2.45, 2.75) is 26.3 Å². The molecule has 1 aliphatic rings. The molecule has 0 saturated carbocycles. The van der Waals surface area contributed by atoms with Crippen LogP contribution in [0.4, 0.5) is 11.4 Å². The van der Waals surface area contributed by atoms with Gasteiger partial charge in [0.15, 0.2) is 0 Å². The number of piperazine rings is 1. The minimum atomic E-state index is -1.04. The summed E-state index contributed by atoms with van der Waals surface area (Å²) in [5, 5.41) is 12.5. The molecule has 1 heterocycles. The third kappa shape index (κ3) is 6.08.